The summed E-state index contributed by atoms with van der Waals surface area (Å²) < 4.78 is 0. The molecule has 1 saturated heterocycles. The minimum Gasteiger partial charge on any atom is -0.388 e. The summed E-state index contributed by atoms with van der Waals surface area (Å²) in [5.41, 5.74) is -0.0960. The van der Waals surface area contributed by atoms with E-state index in [-0.39, 0.29) is 23.7 Å². The summed E-state index contributed by atoms with van der Waals surface area (Å²) in [5, 5.41) is 10.8. The maximum Gasteiger partial charge on any atom is 0.233 e. The molecule has 0 spiro atoms. The Hall–Kier alpha value is -1.68. The Balaban J connectivity index is 1.67. The van der Waals surface area contributed by atoms with Gasteiger partial charge in [-0.3, -0.25) is 14.5 Å². The zero-order valence-corrected chi connectivity index (χ0v) is 15.0. The molecular formula is C21H27NO3. The van der Waals surface area contributed by atoms with Gasteiger partial charge in [-0.1, -0.05) is 30.3 Å². The molecule has 5 rings (SSSR count). The van der Waals surface area contributed by atoms with E-state index in [9.17, 15) is 14.7 Å². The van der Waals surface area contributed by atoms with Gasteiger partial charge in [-0.25, -0.2) is 0 Å². The molecule has 2 amide bonds. The van der Waals surface area contributed by atoms with Crippen molar-refractivity contribution in [3.63, 3.8) is 0 Å². The molecule has 0 aromatic heterocycles. The minimum absolute atomic E-state index is 0.0348. The normalized spacial score (nSPS) is 32.8. The standard InChI is InChI=1S/C21H27NO3/c1-21(2,25)16(12-13-6-4-3-5-7-13)22-19(23)17-14-8-9-15(11-10-14)18(17)20(22)24/h3-7,14-18,25H,8-12H2,1-2H3/t14?,15?,16-,17?,18?/m0/s1. The van der Waals surface area contributed by atoms with Gasteiger partial charge in [-0.2, -0.15) is 0 Å². The molecule has 3 aliphatic carbocycles. The van der Waals surface area contributed by atoms with Crippen LogP contribution in [0.1, 0.15) is 45.1 Å². The van der Waals surface area contributed by atoms with Gasteiger partial charge >= 0.3 is 0 Å². The molecule has 4 nitrogen and oxygen atoms in total. The second kappa shape index (κ2) is 5.94. The molecule has 134 valence electrons. The van der Waals surface area contributed by atoms with Crippen LogP contribution in [0.3, 0.4) is 0 Å². The summed E-state index contributed by atoms with van der Waals surface area (Å²) in [5.74, 6) is 0.368. The molecule has 1 aliphatic heterocycles. The van der Waals surface area contributed by atoms with Crippen LogP contribution in [0.15, 0.2) is 30.3 Å². The van der Waals surface area contributed by atoms with Gasteiger partial charge in [0.05, 0.1) is 23.5 Å². The Morgan fingerprint density at radius 3 is 1.92 bits per heavy atom. The van der Waals surface area contributed by atoms with E-state index < -0.39 is 11.6 Å². The van der Waals surface area contributed by atoms with Gasteiger partial charge < -0.3 is 5.11 Å². The van der Waals surface area contributed by atoms with Crippen molar-refractivity contribution in [3.8, 4) is 0 Å². The lowest BCUT2D eigenvalue weighted by Crippen LogP contribution is -2.53. The third kappa shape index (κ3) is 2.71. The van der Waals surface area contributed by atoms with Crippen LogP contribution in [0.5, 0.6) is 0 Å². The topological polar surface area (TPSA) is 57.6 Å². The second-order valence-electron chi connectivity index (χ2n) is 8.63. The zero-order valence-electron chi connectivity index (χ0n) is 15.0. The van der Waals surface area contributed by atoms with Crippen LogP contribution < -0.4 is 0 Å². The SMILES string of the molecule is CC(C)(O)[C@H](Cc1ccccc1)N1C(=O)C2C3CCC(CC3)C2C1=O. The maximum atomic E-state index is 13.2. The number of rotatable bonds is 4. The molecule has 1 aromatic rings. The molecule has 1 N–H and O–H groups in total. The van der Waals surface area contributed by atoms with Crippen LogP contribution in [-0.4, -0.2) is 33.5 Å². The number of nitrogens with zero attached hydrogens (tertiary/aromatic N) is 1. The number of amides is 2. The van der Waals surface area contributed by atoms with Gasteiger partial charge in [0.2, 0.25) is 11.8 Å². The summed E-state index contributed by atoms with van der Waals surface area (Å²) in [4.78, 5) is 27.9. The monoisotopic (exact) mass is 341 g/mol. The first-order valence-corrected chi connectivity index (χ1v) is 9.51. The van der Waals surface area contributed by atoms with Gasteiger partial charge in [0.15, 0.2) is 0 Å². The zero-order chi connectivity index (χ0) is 17.8. The average Bonchev–Trinajstić information content (AvgIpc) is 2.87. The summed E-state index contributed by atoms with van der Waals surface area (Å²) in [6.45, 7) is 3.41. The van der Waals surface area contributed by atoms with Crippen molar-refractivity contribution < 1.29 is 14.7 Å². The molecule has 25 heavy (non-hydrogen) atoms. The number of benzene rings is 1. The van der Waals surface area contributed by atoms with Crippen molar-refractivity contribution >= 4 is 11.8 Å². The highest BCUT2D eigenvalue weighted by Crippen LogP contribution is 2.53. The first-order valence-electron chi connectivity index (χ1n) is 9.51. The minimum atomic E-state index is -1.13. The first-order chi connectivity index (χ1) is 11.9. The lowest BCUT2D eigenvalue weighted by atomic mass is 9.59. The molecule has 4 heteroatoms. The first kappa shape index (κ1) is 16.8. The van der Waals surface area contributed by atoms with E-state index in [1.54, 1.807) is 13.8 Å². The van der Waals surface area contributed by atoms with E-state index >= 15 is 0 Å². The Bertz CT molecular complexity index is 640. The van der Waals surface area contributed by atoms with Crippen molar-refractivity contribution in [3.05, 3.63) is 35.9 Å². The lowest BCUT2D eigenvalue weighted by molar-refractivity contribution is -0.149. The van der Waals surface area contributed by atoms with Crippen molar-refractivity contribution in [2.45, 2.75) is 57.6 Å². The van der Waals surface area contributed by atoms with Crippen LogP contribution >= 0.6 is 0 Å². The molecule has 2 bridgehead atoms. The number of hydrogen-bond acceptors (Lipinski definition) is 3. The molecule has 2 unspecified atom stereocenters. The highest BCUT2D eigenvalue weighted by atomic mass is 16.3. The van der Waals surface area contributed by atoms with Crippen LogP contribution in [0.2, 0.25) is 0 Å². The Morgan fingerprint density at radius 2 is 1.48 bits per heavy atom. The third-order valence-corrected chi connectivity index (χ3v) is 6.66. The van der Waals surface area contributed by atoms with E-state index in [2.05, 4.69) is 0 Å². The fourth-order valence-corrected chi connectivity index (χ4v) is 5.39. The molecule has 3 atom stereocenters. The van der Waals surface area contributed by atoms with Crippen LogP contribution in [-0.2, 0) is 16.0 Å². The maximum absolute atomic E-state index is 13.2. The summed E-state index contributed by atoms with van der Waals surface area (Å²) >= 11 is 0. The predicted octanol–water partition coefficient (Wildman–Crippen LogP) is 2.79. The largest absolute Gasteiger partial charge is 0.388 e. The second-order valence-corrected chi connectivity index (χ2v) is 8.63. The Labute approximate surface area is 149 Å². The van der Waals surface area contributed by atoms with Gasteiger partial charge in [-0.05, 0) is 63.4 Å². The van der Waals surface area contributed by atoms with E-state index in [0.29, 0.717) is 18.3 Å². The molecule has 1 heterocycles. The Kier molecular flexibility index (Phi) is 3.99. The van der Waals surface area contributed by atoms with E-state index in [1.807, 2.05) is 30.3 Å². The highest BCUT2D eigenvalue weighted by molar-refractivity contribution is 6.06. The predicted molar refractivity (Wildman–Crippen MR) is 94.5 cm³/mol. The summed E-state index contributed by atoms with van der Waals surface area (Å²) in [7, 11) is 0. The number of aliphatic hydroxyl groups is 1. The molecule has 3 saturated carbocycles. The van der Waals surface area contributed by atoms with Gasteiger partial charge in [0, 0.05) is 0 Å². The van der Waals surface area contributed by atoms with Gasteiger partial charge in [0.25, 0.3) is 0 Å². The van der Waals surface area contributed by atoms with Gasteiger partial charge in [0.1, 0.15) is 0 Å². The van der Waals surface area contributed by atoms with Gasteiger partial charge in [-0.15, -0.1) is 0 Å². The van der Waals surface area contributed by atoms with E-state index in [4.69, 9.17) is 0 Å². The third-order valence-electron chi connectivity index (χ3n) is 6.66. The van der Waals surface area contributed by atoms with Crippen molar-refractivity contribution in [2.75, 3.05) is 0 Å². The molecule has 0 radical (unpaired) electrons. The number of fused-ring (bicyclic) bond motifs is 2. The summed E-state index contributed by atoms with van der Waals surface area (Å²) in [6, 6.07) is 9.30. The number of imide groups is 1. The van der Waals surface area contributed by atoms with Crippen molar-refractivity contribution in [1.82, 2.24) is 4.90 Å². The average molecular weight is 341 g/mol. The fraction of sp³-hybridized carbons (Fsp3) is 0.619. The molecule has 1 aromatic carbocycles. The molecule has 4 aliphatic rings. The quantitative estimate of drug-likeness (QED) is 0.857. The lowest BCUT2D eigenvalue weighted by Gasteiger charge is -2.42. The van der Waals surface area contributed by atoms with Crippen molar-refractivity contribution in [1.29, 1.82) is 0 Å². The molecule has 4 fully saturated rings. The summed E-state index contributed by atoms with van der Waals surface area (Å²) in [6.07, 6.45) is 4.79. The highest BCUT2D eigenvalue weighted by Gasteiger charge is 2.60. The van der Waals surface area contributed by atoms with Crippen LogP contribution in [0.25, 0.3) is 0 Å². The van der Waals surface area contributed by atoms with E-state index in [1.165, 1.54) is 4.90 Å². The van der Waals surface area contributed by atoms with E-state index in [0.717, 1.165) is 31.2 Å². The van der Waals surface area contributed by atoms with Crippen LogP contribution in [0.4, 0.5) is 0 Å². The fourth-order valence-electron chi connectivity index (χ4n) is 5.39. The number of likely N-dealkylation sites (tertiary alicyclic amines) is 1. The molecular weight excluding hydrogens is 314 g/mol. The van der Waals surface area contributed by atoms with Crippen LogP contribution in [0, 0.1) is 23.7 Å². The number of carbonyl (C=O) groups is 2. The van der Waals surface area contributed by atoms with Crippen molar-refractivity contribution in [2.24, 2.45) is 23.7 Å². The Morgan fingerprint density at radius 1 is 1.00 bits per heavy atom. The number of hydrogen-bond donors (Lipinski definition) is 1. The number of carbonyl (C=O) groups excluding carboxylic acids is 2. The smallest absolute Gasteiger partial charge is 0.233 e.